The molecule has 0 saturated heterocycles. The Kier molecular flexibility index (Phi) is 30.7. The van der Waals surface area contributed by atoms with E-state index in [4.69, 9.17) is 4.74 Å². The third-order valence-corrected chi connectivity index (χ3v) is 15.5. The van der Waals surface area contributed by atoms with Crippen LogP contribution in [0.4, 0.5) is 26.3 Å². The number of halogens is 6. The predicted molar refractivity (Wildman–Crippen MR) is 400 cm³/mol. The molecular weight excluding hydrogens is 1250 g/mol. The number of aryl methyl sites for hydroxylation is 3. The Morgan fingerprint density at radius 3 is 1.26 bits per heavy atom. The van der Waals surface area contributed by atoms with Crippen molar-refractivity contribution in [3.63, 3.8) is 0 Å². The van der Waals surface area contributed by atoms with E-state index >= 15 is 0 Å². The van der Waals surface area contributed by atoms with Crippen molar-refractivity contribution in [3.05, 3.63) is 256 Å². The summed E-state index contributed by atoms with van der Waals surface area (Å²) >= 11 is 0. The maximum absolute atomic E-state index is 12.3. The second-order valence-corrected chi connectivity index (χ2v) is 32.2. The Balaban J connectivity index is 0.000000303. The summed E-state index contributed by atoms with van der Waals surface area (Å²) in [5.41, 5.74) is 13.8. The van der Waals surface area contributed by atoms with Gasteiger partial charge in [0.05, 0.1) is 5.56 Å². The lowest BCUT2D eigenvalue weighted by atomic mass is 9.88. The highest BCUT2D eigenvalue weighted by molar-refractivity contribution is 5.62. The largest absolute Gasteiger partial charge is 0.438 e. The number of hydrogen-bond acceptors (Lipinski definition) is 8. The van der Waals surface area contributed by atoms with Crippen LogP contribution in [0.5, 0.6) is 11.6 Å². The van der Waals surface area contributed by atoms with Crippen molar-refractivity contribution in [1.29, 1.82) is 0 Å². The molecule has 536 valence electrons. The highest BCUT2D eigenvalue weighted by Gasteiger charge is 2.34. The second kappa shape index (κ2) is 35.8. The van der Waals surface area contributed by atoms with Crippen LogP contribution in [-0.2, 0) is 56.7 Å². The number of ether oxygens (including phenoxy) is 1. The molecule has 99 heavy (non-hydrogen) atoms. The van der Waals surface area contributed by atoms with E-state index in [2.05, 4.69) is 252 Å². The maximum atomic E-state index is 12.3. The monoisotopic (exact) mass is 1360 g/mol. The van der Waals surface area contributed by atoms with E-state index in [9.17, 15) is 26.3 Å². The minimum Gasteiger partial charge on any atom is -0.438 e. The lowest BCUT2D eigenvalue weighted by Crippen LogP contribution is -2.17. The first-order chi connectivity index (χ1) is 45.3. The first kappa shape index (κ1) is 85.1. The maximum Gasteiger partial charge on any atom is 0.433 e. The number of pyridine rings is 7. The Bertz CT molecular complexity index is 3790. The fraction of sp³-hybridized carbons (Fsp3) is 0.447. The molecule has 0 aliphatic rings. The van der Waals surface area contributed by atoms with Crippen LogP contribution < -0.4 is 4.74 Å². The zero-order valence-electron chi connectivity index (χ0n) is 64.3. The molecule has 0 radical (unpaired) electrons. The second-order valence-electron chi connectivity index (χ2n) is 32.2. The molecular formula is C85H113F6N7O. The Morgan fingerprint density at radius 1 is 0.364 bits per heavy atom. The van der Waals surface area contributed by atoms with Crippen LogP contribution >= 0.6 is 0 Å². The van der Waals surface area contributed by atoms with Gasteiger partial charge in [-0.05, 0) is 139 Å². The SMILES string of the molecule is CC(C)(C)c1ccc(-c2ccccc2)cn1.CC(C)(C)c1ccc(C(F)(F)F)cn1.CC(C)(C)c1cccc(C(F)(F)F)n1.CC(C)c1ccc(C(C)(C)C)cn1.CCc1cccc(C(C)(C)C)n1.Cc1cccc(C(C)(C)C)n1.Cc1cccc(Oc2ncccc2C(C)(C)C)c1C. The van der Waals surface area contributed by atoms with Gasteiger partial charge in [-0.2, -0.15) is 26.3 Å². The molecule has 0 atom stereocenters. The van der Waals surface area contributed by atoms with Gasteiger partial charge in [0, 0.05) is 109 Å². The van der Waals surface area contributed by atoms with Crippen LogP contribution in [0.1, 0.15) is 251 Å². The van der Waals surface area contributed by atoms with Gasteiger partial charge < -0.3 is 4.74 Å². The van der Waals surface area contributed by atoms with Crippen LogP contribution in [-0.4, -0.2) is 34.9 Å². The highest BCUT2D eigenvalue weighted by atomic mass is 19.4. The van der Waals surface area contributed by atoms with Gasteiger partial charge in [0.1, 0.15) is 11.4 Å². The van der Waals surface area contributed by atoms with Crippen molar-refractivity contribution in [2.24, 2.45) is 0 Å². The van der Waals surface area contributed by atoms with Crippen molar-refractivity contribution in [1.82, 2.24) is 34.9 Å². The molecule has 0 aliphatic carbocycles. The molecule has 2 aromatic carbocycles. The molecule has 8 nitrogen and oxygen atoms in total. The minimum absolute atomic E-state index is 0.0152. The van der Waals surface area contributed by atoms with Crippen LogP contribution in [0.3, 0.4) is 0 Å². The van der Waals surface area contributed by atoms with E-state index in [1.807, 2.05) is 103 Å². The number of benzene rings is 2. The van der Waals surface area contributed by atoms with Gasteiger partial charge in [-0.15, -0.1) is 0 Å². The van der Waals surface area contributed by atoms with Gasteiger partial charge in [0.15, 0.2) is 0 Å². The fourth-order valence-corrected chi connectivity index (χ4v) is 8.88. The number of hydrogen-bond donors (Lipinski definition) is 0. The Labute approximate surface area is 590 Å². The lowest BCUT2D eigenvalue weighted by Gasteiger charge is -2.22. The number of aromatic nitrogens is 7. The molecule has 7 heterocycles. The third-order valence-electron chi connectivity index (χ3n) is 15.5. The Morgan fingerprint density at radius 2 is 0.838 bits per heavy atom. The smallest absolute Gasteiger partial charge is 0.433 e. The van der Waals surface area contributed by atoms with E-state index < -0.39 is 23.6 Å². The first-order valence-electron chi connectivity index (χ1n) is 34.0. The molecule has 0 fully saturated rings. The van der Waals surface area contributed by atoms with E-state index in [-0.39, 0.29) is 37.9 Å². The molecule has 9 aromatic rings. The zero-order chi connectivity index (χ0) is 75.3. The molecule has 0 saturated carbocycles. The van der Waals surface area contributed by atoms with Gasteiger partial charge in [-0.3, -0.25) is 24.9 Å². The average Bonchev–Trinajstić information content (AvgIpc) is 0.832. The molecule has 0 unspecified atom stereocenters. The molecule has 0 bridgehead atoms. The molecule has 7 aromatic heterocycles. The molecule has 0 amide bonds. The number of alkyl halides is 6. The van der Waals surface area contributed by atoms with Crippen molar-refractivity contribution in [3.8, 4) is 22.8 Å². The van der Waals surface area contributed by atoms with Crippen molar-refractivity contribution in [2.45, 2.75) is 250 Å². The van der Waals surface area contributed by atoms with E-state index in [1.54, 1.807) is 12.3 Å². The van der Waals surface area contributed by atoms with Crippen LogP contribution in [0, 0.1) is 20.8 Å². The Hall–Kier alpha value is -8.13. The topological polar surface area (TPSA) is 99.5 Å². The van der Waals surface area contributed by atoms with Crippen molar-refractivity contribution >= 4 is 0 Å². The zero-order valence-corrected chi connectivity index (χ0v) is 64.3. The lowest BCUT2D eigenvalue weighted by molar-refractivity contribution is -0.141. The van der Waals surface area contributed by atoms with Crippen LogP contribution in [0.25, 0.3) is 11.1 Å². The quantitative estimate of drug-likeness (QED) is 0.157. The summed E-state index contributed by atoms with van der Waals surface area (Å²) in [6.45, 7) is 56.6. The summed E-state index contributed by atoms with van der Waals surface area (Å²) in [4.78, 5) is 29.8. The fourth-order valence-electron chi connectivity index (χ4n) is 8.88. The van der Waals surface area contributed by atoms with Gasteiger partial charge in [0.2, 0.25) is 5.88 Å². The average molecular weight is 1360 g/mol. The summed E-state index contributed by atoms with van der Waals surface area (Å²) in [6.07, 6.45) is -1.05. The summed E-state index contributed by atoms with van der Waals surface area (Å²) in [5.74, 6) is 2.10. The summed E-state index contributed by atoms with van der Waals surface area (Å²) < 4.78 is 79.4. The number of nitrogens with zero attached hydrogens (tertiary/aromatic N) is 7. The highest BCUT2D eigenvalue weighted by Crippen LogP contribution is 2.35. The van der Waals surface area contributed by atoms with Crippen LogP contribution in [0.15, 0.2) is 176 Å². The normalized spacial score (nSPS) is 12.0. The molecule has 0 N–H and O–H groups in total. The van der Waals surface area contributed by atoms with Gasteiger partial charge in [-0.1, -0.05) is 245 Å². The third kappa shape index (κ3) is 29.7. The van der Waals surface area contributed by atoms with Gasteiger partial charge >= 0.3 is 12.4 Å². The summed E-state index contributed by atoms with van der Waals surface area (Å²) in [6, 6.07) is 47.9. The van der Waals surface area contributed by atoms with Crippen molar-refractivity contribution in [2.75, 3.05) is 0 Å². The van der Waals surface area contributed by atoms with Gasteiger partial charge in [0.25, 0.3) is 0 Å². The predicted octanol–water partition coefficient (Wildman–Crippen LogP) is 24.8. The number of rotatable bonds is 5. The molecule has 0 aliphatic heterocycles. The van der Waals surface area contributed by atoms with E-state index in [0.717, 1.165) is 58.7 Å². The minimum atomic E-state index is -4.36. The van der Waals surface area contributed by atoms with Crippen LogP contribution in [0.2, 0.25) is 0 Å². The standard InChI is InChI=1S/C17H21NO.C15H17N.C12H19N.C11H17N.2C10H12F3N.C10H15N/c1-12-8-6-10-15(13(12)2)19-16-14(17(3,4)5)9-7-11-18-16;1-15(2,3)14-10-9-13(11-16-14)12-7-5-4-6-8-12;1-9(2)11-7-6-10(8-13-11)12(3,4)5;1-5-9-7-6-8-10(12-9)11(2,3)4;1-9(2,3)8-5-4-7(6-14-8)10(11,12)13;1-9(2,3)7-5-4-6-8(14-7)10(11,12)13;1-8-6-5-7-9(11-8)10(2,3)4/h6-11H,1-5H3;4-11H,1-3H3;6-9H,1-5H3;6-8H,5H2,1-4H3;2*4-6H,1-3H3;5-7H,1-4H3. The van der Waals surface area contributed by atoms with E-state index in [0.29, 0.717) is 23.2 Å². The van der Waals surface area contributed by atoms with E-state index in [1.165, 1.54) is 51.5 Å². The summed E-state index contributed by atoms with van der Waals surface area (Å²) in [5, 5.41) is 0. The summed E-state index contributed by atoms with van der Waals surface area (Å²) in [7, 11) is 0. The molecule has 0 spiro atoms. The first-order valence-corrected chi connectivity index (χ1v) is 34.0. The van der Waals surface area contributed by atoms with Crippen molar-refractivity contribution < 1.29 is 31.1 Å². The molecule has 9 rings (SSSR count). The van der Waals surface area contributed by atoms with Gasteiger partial charge in [-0.25, -0.2) is 9.97 Å². The molecule has 14 heteroatoms.